The van der Waals surface area contributed by atoms with Crippen LogP contribution in [0.4, 0.5) is 0 Å². The molecule has 12 heavy (non-hydrogen) atoms. The van der Waals surface area contributed by atoms with Crippen molar-refractivity contribution in [3.8, 4) is 0 Å². The third-order valence-electron chi connectivity index (χ3n) is 1.06. The fourth-order valence-electron chi connectivity index (χ4n) is 0.629. The molecule has 0 spiro atoms. The molecule has 5 heteroatoms. The zero-order chi connectivity index (χ0) is 9.56. The molecule has 3 N–H and O–H groups in total. The molecule has 0 radical (unpaired) electrons. The summed E-state index contributed by atoms with van der Waals surface area (Å²) < 4.78 is 0. The second kappa shape index (κ2) is 4.95. The topological polar surface area (TPSA) is 90.4 Å². The smallest absolute Gasteiger partial charge is 0.352 e. The van der Waals surface area contributed by atoms with Gasteiger partial charge < -0.3 is 15.2 Å². The first-order valence-electron chi connectivity index (χ1n) is 3.08. The number of H-pyrrole nitrogens is 1. The standard InChI is InChI=1S/C6H7NO2.CH2O2/c1-4-2-3-5(7-4)6(8)9;2-1-3/h2-3,7H,1H3,(H,8,9);1H,(H,2,3). The van der Waals surface area contributed by atoms with Gasteiger partial charge in [-0.2, -0.15) is 0 Å². The lowest BCUT2D eigenvalue weighted by Gasteiger charge is -1.83. The van der Waals surface area contributed by atoms with Gasteiger partial charge >= 0.3 is 5.97 Å². The number of aromatic nitrogens is 1. The van der Waals surface area contributed by atoms with Gasteiger partial charge in [0.25, 0.3) is 6.47 Å². The van der Waals surface area contributed by atoms with E-state index in [1.165, 1.54) is 6.07 Å². The fraction of sp³-hybridized carbons (Fsp3) is 0.143. The largest absolute Gasteiger partial charge is 0.483 e. The highest BCUT2D eigenvalue weighted by atomic mass is 16.4. The van der Waals surface area contributed by atoms with Gasteiger partial charge in [-0.05, 0) is 19.1 Å². The average molecular weight is 171 g/mol. The van der Waals surface area contributed by atoms with E-state index in [4.69, 9.17) is 15.0 Å². The number of carbonyl (C=O) groups is 2. The average Bonchev–Trinajstić information content (AvgIpc) is 2.37. The molecule has 0 fully saturated rings. The molecular formula is C7H9NO4. The number of aryl methyl sites for hydroxylation is 1. The van der Waals surface area contributed by atoms with Gasteiger partial charge in [0.05, 0.1) is 0 Å². The van der Waals surface area contributed by atoms with Gasteiger partial charge in [-0.15, -0.1) is 0 Å². The normalized spacial score (nSPS) is 8.08. The number of hydrogen-bond donors (Lipinski definition) is 3. The van der Waals surface area contributed by atoms with Crippen molar-refractivity contribution in [1.29, 1.82) is 0 Å². The molecule has 0 saturated carbocycles. The number of aromatic carboxylic acids is 1. The molecule has 1 heterocycles. The lowest BCUT2D eigenvalue weighted by atomic mass is 10.4. The first-order chi connectivity index (χ1) is 5.61. The van der Waals surface area contributed by atoms with Crippen LogP contribution in [0.15, 0.2) is 12.1 Å². The maximum absolute atomic E-state index is 10.2. The lowest BCUT2D eigenvalue weighted by molar-refractivity contribution is -0.122. The maximum Gasteiger partial charge on any atom is 0.352 e. The maximum atomic E-state index is 10.2. The summed E-state index contributed by atoms with van der Waals surface area (Å²) >= 11 is 0. The van der Waals surface area contributed by atoms with E-state index >= 15 is 0 Å². The van der Waals surface area contributed by atoms with Crippen LogP contribution in [0.25, 0.3) is 0 Å². The summed E-state index contributed by atoms with van der Waals surface area (Å²) in [4.78, 5) is 21.2. The van der Waals surface area contributed by atoms with Gasteiger partial charge in [0.1, 0.15) is 5.69 Å². The van der Waals surface area contributed by atoms with Gasteiger partial charge in [0.2, 0.25) is 0 Å². The second-order valence-corrected chi connectivity index (χ2v) is 1.97. The van der Waals surface area contributed by atoms with Crippen LogP contribution in [-0.4, -0.2) is 27.6 Å². The van der Waals surface area contributed by atoms with Crippen molar-refractivity contribution in [2.24, 2.45) is 0 Å². The predicted molar refractivity (Wildman–Crippen MR) is 41.2 cm³/mol. The Labute approximate surface area is 68.7 Å². The van der Waals surface area contributed by atoms with Crippen LogP contribution in [0.5, 0.6) is 0 Å². The summed E-state index contributed by atoms with van der Waals surface area (Å²) in [5, 5.41) is 15.3. The summed E-state index contributed by atoms with van der Waals surface area (Å²) in [5.74, 6) is -0.914. The van der Waals surface area contributed by atoms with Crippen LogP contribution < -0.4 is 0 Å². The van der Waals surface area contributed by atoms with Crippen molar-refractivity contribution < 1.29 is 19.8 Å². The molecule has 0 atom stereocenters. The minimum absolute atomic E-state index is 0.243. The SMILES string of the molecule is Cc1ccc(C(=O)O)[nH]1.O=CO. The molecule has 5 nitrogen and oxygen atoms in total. The van der Waals surface area contributed by atoms with Crippen molar-refractivity contribution in [2.45, 2.75) is 6.92 Å². The first-order valence-corrected chi connectivity index (χ1v) is 3.08. The summed E-state index contributed by atoms with van der Waals surface area (Å²) in [7, 11) is 0. The molecule has 0 unspecified atom stereocenters. The summed E-state index contributed by atoms with van der Waals surface area (Å²) in [5.41, 5.74) is 1.11. The molecule has 0 aliphatic rings. The van der Waals surface area contributed by atoms with E-state index in [1.807, 2.05) is 6.92 Å². The molecule has 0 amide bonds. The van der Waals surface area contributed by atoms with Crippen LogP contribution in [-0.2, 0) is 4.79 Å². The number of rotatable bonds is 1. The number of nitrogens with one attached hydrogen (secondary N) is 1. The highest BCUT2D eigenvalue weighted by Crippen LogP contribution is 1.98. The minimum atomic E-state index is -0.914. The highest BCUT2D eigenvalue weighted by molar-refractivity contribution is 5.85. The number of carboxylic acid groups (broad SMARTS) is 2. The second-order valence-electron chi connectivity index (χ2n) is 1.97. The zero-order valence-electron chi connectivity index (χ0n) is 6.44. The Morgan fingerprint density at radius 2 is 2.08 bits per heavy atom. The van der Waals surface area contributed by atoms with Crippen molar-refractivity contribution in [2.75, 3.05) is 0 Å². The van der Waals surface area contributed by atoms with Crippen LogP contribution in [0.1, 0.15) is 16.2 Å². The minimum Gasteiger partial charge on any atom is -0.483 e. The summed E-state index contributed by atoms with van der Waals surface area (Å²) in [6, 6.07) is 3.26. The van der Waals surface area contributed by atoms with E-state index in [9.17, 15) is 4.79 Å². The highest BCUT2D eigenvalue weighted by Gasteiger charge is 2.01. The molecule has 0 saturated heterocycles. The first kappa shape index (κ1) is 10.2. The van der Waals surface area contributed by atoms with E-state index in [-0.39, 0.29) is 12.2 Å². The fourth-order valence-corrected chi connectivity index (χ4v) is 0.629. The molecule has 1 aromatic rings. The number of carboxylic acids is 1. The molecule has 0 aromatic carbocycles. The Kier molecular flexibility index (Phi) is 4.21. The zero-order valence-corrected chi connectivity index (χ0v) is 6.44. The molecule has 0 bridgehead atoms. The third-order valence-corrected chi connectivity index (χ3v) is 1.06. The molecule has 0 aliphatic heterocycles. The van der Waals surface area contributed by atoms with Crippen LogP contribution in [0.2, 0.25) is 0 Å². The van der Waals surface area contributed by atoms with Crippen molar-refractivity contribution in [1.82, 2.24) is 4.98 Å². The third kappa shape index (κ3) is 3.40. The Hall–Kier alpha value is -1.78. The Balaban J connectivity index is 0.000000354. The van der Waals surface area contributed by atoms with Gasteiger partial charge in [0, 0.05) is 5.69 Å². The lowest BCUT2D eigenvalue weighted by Crippen LogP contribution is -1.95. The molecule has 0 aliphatic carbocycles. The van der Waals surface area contributed by atoms with Gasteiger partial charge in [-0.25, -0.2) is 4.79 Å². The van der Waals surface area contributed by atoms with Gasteiger partial charge in [0.15, 0.2) is 0 Å². The summed E-state index contributed by atoms with van der Waals surface area (Å²) in [6.45, 7) is 1.56. The van der Waals surface area contributed by atoms with Crippen molar-refractivity contribution >= 4 is 12.4 Å². The number of hydrogen-bond acceptors (Lipinski definition) is 2. The van der Waals surface area contributed by atoms with Crippen LogP contribution in [0, 0.1) is 6.92 Å². The predicted octanol–water partition coefficient (Wildman–Crippen LogP) is 0.722. The monoisotopic (exact) mass is 171 g/mol. The molecule has 1 aromatic heterocycles. The Bertz CT molecular complexity index is 266. The van der Waals surface area contributed by atoms with E-state index < -0.39 is 5.97 Å². The van der Waals surface area contributed by atoms with Crippen LogP contribution >= 0.6 is 0 Å². The van der Waals surface area contributed by atoms with E-state index in [0.29, 0.717) is 0 Å². The molecule has 1 rings (SSSR count). The van der Waals surface area contributed by atoms with E-state index in [0.717, 1.165) is 5.69 Å². The van der Waals surface area contributed by atoms with Gasteiger partial charge in [-0.3, -0.25) is 4.79 Å². The summed E-state index contributed by atoms with van der Waals surface area (Å²) in [6.07, 6.45) is 0. The van der Waals surface area contributed by atoms with Crippen LogP contribution in [0.3, 0.4) is 0 Å². The Morgan fingerprint density at radius 3 is 2.25 bits per heavy atom. The van der Waals surface area contributed by atoms with E-state index in [2.05, 4.69) is 4.98 Å². The molecule has 66 valence electrons. The quantitative estimate of drug-likeness (QED) is 0.543. The molecular weight excluding hydrogens is 162 g/mol. The van der Waals surface area contributed by atoms with Gasteiger partial charge in [-0.1, -0.05) is 0 Å². The van der Waals surface area contributed by atoms with Crippen molar-refractivity contribution in [3.05, 3.63) is 23.5 Å². The number of aromatic amines is 1. The van der Waals surface area contributed by atoms with Crippen molar-refractivity contribution in [3.63, 3.8) is 0 Å². The Morgan fingerprint density at radius 1 is 1.58 bits per heavy atom. The van der Waals surface area contributed by atoms with E-state index in [1.54, 1.807) is 6.07 Å².